The predicted molar refractivity (Wildman–Crippen MR) is 86.0 cm³/mol. The van der Waals surface area contributed by atoms with E-state index in [1.54, 1.807) is 23.5 Å². The molecule has 0 saturated carbocycles. The van der Waals surface area contributed by atoms with Crippen LogP contribution in [0, 0.1) is 17.0 Å². The van der Waals surface area contributed by atoms with E-state index in [0.717, 1.165) is 23.4 Å². The minimum absolute atomic E-state index is 0.141. The van der Waals surface area contributed by atoms with Gasteiger partial charge in [-0.3, -0.25) is 10.1 Å². The van der Waals surface area contributed by atoms with Crippen molar-refractivity contribution in [2.24, 2.45) is 0 Å². The van der Waals surface area contributed by atoms with E-state index in [0.29, 0.717) is 0 Å². The average Bonchev–Trinajstić information content (AvgIpc) is 2.80. The van der Waals surface area contributed by atoms with Gasteiger partial charge in [-0.1, -0.05) is 31.9 Å². The molecule has 0 amide bonds. The number of thiazole rings is 1. The maximum absolute atomic E-state index is 10.7. The van der Waals surface area contributed by atoms with Crippen LogP contribution in [0.5, 0.6) is 0 Å². The lowest BCUT2D eigenvalue weighted by Gasteiger charge is -2.03. The van der Waals surface area contributed by atoms with Crippen LogP contribution in [-0.2, 0) is 12.8 Å². The van der Waals surface area contributed by atoms with Crippen molar-refractivity contribution in [2.75, 3.05) is 0 Å². The first kappa shape index (κ1) is 15.6. The third-order valence-corrected chi connectivity index (χ3v) is 4.43. The maximum atomic E-state index is 10.7. The van der Waals surface area contributed by atoms with E-state index in [2.05, 4.69) is 11.9 Å². The molecule has 0 unspecified atom stereocenters. The lowest BCUT2D eigenvalue weighted by atomic mass is 10.1. The molecule has 2 aromatic rings. The summed E-state index contributed by atoms with van der Waals surface area (Å²) < 4.78 is 0. The van der Waals surface area contributed by atoms with Crippen molar-refractivity contribution in [1.82, 2.24) is 4.98 Å². The molecule has 0 fully saturated rings. The van der Waals surface area contributed by atoms with Crippen molar-refractivity contribution in [3.05, 3.63) is 55.5 Å². The van der Waals surface area contributed by atoms with Gasteiger partial charge in [-0.05, 0) is 25.3 Å². The van der Waals surface area contributed by atoms with Crippen molar-refractivity contribution in [2.45, 2.75) is 46.0 Å². The summed E-state index contributed by atoms with van der Waals surface area (Å²) in [5.41, 5.74) is 2.44. The lowest BCUT2D eigenvalue weighted by molar-refractivity contribution is -0.384. The van der Waals surface area contributed by atoms with Gasteiger partial charge in [-0.2, -0.15) is 0 Å². The molecule has 4 nitrogen and oxygen atoms in total. The van der Waals surface area contributed by atoms with Gasteiger partial charge in [0.25, 0.3) is 5.69 Å². The Hall–Kier alpha value is -1.75. The molecular weight excluding hydrogens is 284 g/mol. The number of nitro groups is 1. The summed E-state index contributed by atoms with van der Waals surface area (Å²) in [4.78, 5) is 16.2. The van der Waals surface area contributed by atoms with Crippen LogP contribution in [0.4, 0.5) is 5.69 Å². The van der Waals surface area contributed by atoms with Gasteiger partial charge in [0.05, 0.1) is 15.6 Å². The van der Waals surface area contributed by atoms with Gasteiger partial charge in [0.2, 0.25) is 0 Å². The normalized spacial score (nSPS) is 10.8. The molecule has 0 spiro atoms. The molecule has 21 heavy (non-hydrogen) atoms. The second-order valence-electron chi connectivity index (χ2n) is 5.16. The predicted octanol–water partition coefficient (Wildman–Crippen LogP) is 4.68. The van der Waals surface area contributed by atoms with Crippen LogP contribution in [0.25, 0.3) is 0 Å². The quantitative estimate of drug-likeness (QED) is 0.424. The van der Waals surface area contributed by atoms with E-state index in [4.69, 9.17) is 0 Å². The Morgan fingerprint density at radius 3 is 2.57 bits per heavy atom. The fourth-order valence-electron chi connectivity index (χ4n) is 2.31. The smallest absolute Gasteiger partial charge is 0.258 e. The molecule has 0 bridgehead atoms. The fourth-order valence-corrected chi connectivity index (χ4v) is 3.33. The summed E-state index contributed by atoms with van der Waals surface area (Å²) in [7, 11) is 0. The molecule has 0 radical (unpaired) electrons. The van der Waals surface area contributed by atoms with Gasteiger partial charge in [0, 0.05) is 23.4 Å². The lowest BCUT2D eigenvalue weighted by Crippen LogP contribution is -1.94. The van der Waals surface area contributed by atoms with E-state index in [1.165, 1.54) is 29.8 Å². The topological polar surface area (TPSA) is 56.0 Å². The highest BCUT2D eigenvalue weighted by molar-refractivity contribution is 7.11. The molecule has 1 heterocycles. The Balaban J connectivity index is 2.09. The molecule has 2 rings (SSSR count). The third kappa shape index (κ3) is 4.36. The van der Waals surface area contributed by atoms with E-state index in [1.807, 2.05) is 19.1 Å². The van der Waals surface area contributed by atoms with Crippen LogP contribution >= 0.6 is 11.3 Å². The molecule has 1 aromatic carbocycles. The van der Waals surface area contributed by atoms with Crippen molar-refractivity contribution in [1.29, 1.82) is 0 Å². The molecule has 0 atom stereocenters. The molecular formula is C16H20N2O2S. The number of aryl methyl sites for hydroxylation is 2. The highest BCUT2D eigenvalue weighted by Gasteiger charge is 2.11. The molecule has 112 valence electrons. The number of nitrogens with zero attached hydrogens (tertiary/aromatic N) is 2. The molecule has 1 aromatic heterocycles. The Labute approximate surface area is 129 Å². The standard InChI is InChI=1S/C16H20N2O2S/c1-3-4-5-6-15-16(21-12(2)17-15)11-13-7-9-14(10-8-13)18(19)20/h7-10H,3-6,11H2,1-2H3. The summed E-state index contributed by atoms with van der Waals surface area (Å²) in [6.07, 6.45) is 5.45. The number of aromatic nitrogens is 1. The second-order valence-corrected chi connectivity index (χ2v) is 6.45. The van der Waals surface area contributed by atoms with Crippen molar-refractivity contribution < 1.29 is 4.92 Å². The SMILES string of the molecule is CCCCCc1nc(C)sc1Cc1ccc([N+](=O)[O-])cc1. The second kappa shape index (κ2) is 7.31. The number of non-ortho nitro benzene ring substituents is 1. The Kier molecular flexibility index (Phi) is 5.44. The maximum Gasteiger partial charge on any atom is 0.269 e. The van der Waals surface area contributed by atoms with Crippen LogP contribution in [0.1, 0.15) is 47.3 Å². The van der Waals surface area contributed by atoms with E-state index < -0.39 is 0 Å². The summed E-state index contributed by atoms with van der Waals surface area (Å²) in [6, 6.07) is 6.81. The van der Waals surface area contributed by atoms with Gasteiger partial charge in [0.1, 0.15) is 0 Å². The van der Waals surface area contributed by atoms with Gasteiger partial charge in [-0.25, -0.2) is 4.98 Å². The number of benzene rings is 1. The summed E-state index contributed by atoms with van der Waals surface area (Å²) in [5.74, 6) is 0. The van der Waals surface area contributed by atoms with Gasteiger partial charge >= 0.3 is 0 Å². The molecule has 5 heteroatoms. The van der Waals surface area contributed by atoms with E-state index in [9.17, 15) is 10.1 Å². The molecule has 0 saturated heterocycles. The zero-order valence-corrected chi connectivity index (χ0v) is 13.3. The Bertz CT molecular complexity index is 605. The number of nitro benzene ring substituents is 1. The number of unbranched alkanes of at least 4 members (excludes halogenated alkanes) is 2. The molecule has 0 N–H and O–H groups in total. The van der Waals surface area contributed by atoms with E-state index >= 15 is 0 Å². The first-order chi connectivity index (χ1) is 10.1. The van der Waals surface area contributed by atoms with Crippen LogP contribution in [-0.4, -0.2) is 9.91 Å². The Morgan fingerprint density at radius 2 is 1.95 bits per heavy atom. The number of hydrogen-bond acceptors (Lipinski definition) is 4. The van der Waals surface area contributed by atoms with Crippen molar-refractivity contribution in [3.63, 3.8) is 0 Å². The van der Waals surface area contributed by atoms with Crippen LogP contribution in [0.15, 0.2) is 24.3 Å². The first-order valence-corrected chi connectivity index (χ1v) is 8.10. The molecule has 0 aliphatic rings. The fraction of sp³-hybridized carbons (Fsp3) is 0.438. The summed E-state index contributed by atoms with van der Waals surface area (Å²) in [6.45, 7) is 4.23. The average molecular weight is 304 g/mol. The zero-order chi connectivity index (χ0) is 15.2. The molecule has 0 aliphatic carbocycles. The van der Waals surface area contributed by atoms with Crippen molar-refractivity contribution in [3.8, 4) is 0 Å². The minimum atomic E-state index is -0.364. The van der Waals surface area contributed by atoms with E-state index in [-0.39, 0.29) is 10.6 Å². The Morgan fingerprint density at radius 1 is 1.24 bits per heavy atom. The van der Waals surface area contributed by atoms with Crippen LogP contribution < -0.4 is 0 Å². The number of hydrogen-bond donors (Lipinski definition) is 0. The zero-order valence-electron chi connectivity index (χ0n) is 12.5. The molecule has 0 aliphatic heterocycles. The monoisotopic (exact) mass is 304 g/mol. The number of rotatable bonds is 7. The largest absolute Gasteiger partial charge is 0.269 e. The first-order valence-electron chi connectivity index (χ1n) is 7.28. The minimum Gasteiger partial charge on any atom is -0.258 e. The van der Waals surface area contributed by atoms with Gasteiger partial charge < -0.3 is 0 Å². The highest BCUT2D eigenvalue weighted by atomic mass is 32.1. The highest BCUT2D eigenvalue weighted by Crippen LogP contribution is 2.24. The van der Waals surface area contributed by atoms with Gasteiger partial charge in [0.15, 0.2) is 0 Å². The van der Waals surface area contributed by atoms with Crippen LogP contribution in [0.3, 0.4) is 0 Å². The van der Waals surface area contributed by atoms with Crippen molar-refractivity contribution >= 4 is 17.0 Å². The summed E-state index contributed by atoms with van der Waals surface area (Å²) >= 11 is 1.73. The third-order valence-electron chi connectivity index (χ3n) is 3.41. The summed E-state index contributed by atoms with van der Waals surface area (Å²) in [5, 5.41) is 11.8. The van der Waals surface area contributed by atoms with Gasteiger partial charge in [-0.15, -0.1) is 11.3 Å². The van der Waals surface area contributed by atoms with Crippen LogP contribution in [0.2, 0.25) is 0 Å².